The zero-order chi connectivity index (χ0) is 2.00. The summed E-state index contributed by atoms with van der Waals surface area (Å²) in [4.78, 5) is 0. The van der Waals surface area contributed by atoms with Gasteiger partial charge in [0.25, 0.3) is 0 Å². The molecular weight excluding hydrogens is 323 g/mol. The van der Waals surface area contributed by atoms with E-state index in [1.165, 1.54) is 0 Å². The summed E-state index contributed by atoms with van der Waals surface area (Å²) in [6, 6.07) is 0. The Morgan fingerprint density at radius 2 is 1.25 bits per heavy atom. The van der Waals surface area contributed by atoms with E-state index in [4.69, 9.17) is 4.21 Å². The maximum atomic E-state index is 7.83. The molecule has 0 bridgehead atoms. The van der Waals surface area contributed by atoms with E-state index in [9.17, 15) is 0 Å². The van der Waals surface area contributed by atoms with E-state index in [2.05, 4.69) is 12.5 Å². The average molecular weight is 327 g/mol. The second-order valence-electron chi connectivity index (χ2n) is 0. The number of hydrogen-bond acceptors (Lipinski definition) is 2. The van der Waals surface area contributed by atoms with Gasteiger partial charge in [0.1, 0.15) is 0 Å². The Morgan fingerprint density at radius 1 is 1.25 bits per heavy atom. The molecule has 0 aliphatic heterocycles. The fourth-order valence-corrected chi connectivity index (χ4v) is 0. The van der Waals surface area contributed by atoms with Gasteiger partial charge in [-0.05, 0) is 0 Å². The summed E-state index contributed by atoms with van der Waals surface area (Å²) in [5, 5.41) is 0. The van der Waals surface area contributed by atoms with Crippen LogP contribution in [0.3, 0.4) is 0 Å². The first kappa shape index (κ1) is 15.7. The first-order valence-corrected chi connectivity index (χ1v) is 0.500. The second kappa shape index (κ2) is 16.4. The van der Waals surface area contributed by atoms with E-state index in [0.717, 1.165) is 0 Å². The minimum atomic E-state index is 0. The van der Waals surface area contributed by atoms with E-state index in [0.29, 0.717) is 0 Å². The van der Waals surface area contributed by atoms with Crippen molar-refractivity contribution in [3.63, 3.8) is 0 Å². The molecule has 20 valence electrons. The van der Waals surface area contributed by atoms with Crippen molar-refractivity contribution >= 4 is 110 Å². The first-order chi connectivity index (χ1) is 1.00. The smallest absolute Gasteiger partial charge is 1.00 e. The van der Waals surface area contributed by atoms with Gasteiger partial charge in [-0.3, -0.25) is 0 Å². The van der Waals surface area contributed by atoms with E-state index in [1.807, 2.05) is 0 Å². The monoisotopic (exact) mass is 328 g/mol. The molecule has 0 rings (SSSR count). The molecule has 0 saturated carbocycles. The molecule has 0 N–H and O–H groups in total. The molecule has 0 spiro atoms. The van der Waals surface area contributed by atoms with Crippen molar-refractivity contribution in [3.8, 4) is 0 Å². The molecule has 4 heteroatoms. The number of hydrogen-bond donors (Lipinski definition) is 0. The third-order valence-electron chi connectivity index (χ3n) is 0. The normalized spacial score (nSPS) is 1.00. The van der Waals surface area contributed by atoms with Gasteiger partial charge in [0, 0.05) is 0 Å². The minimum absolute atomic E-state index is 0. The maximum absolute atomic E-state index is 7.83. The van der Waals surface area contributed by atoms with E-state index in [-0.39, 0.29) is 103 Å². The molecule has 0 aromatic carbocycles. The summed E-state index contributed by atoms with van der Waals surface area (Å²) in [5.74, 6) is 0. The van der Waals surface area contributed by atoms with E-state index >= 15 is 0 Å². The molecule has 4 heavy (non-hydrogen) atoms. The van der Waals surface area contributed by atoms with E-state index < -0.39 is 0 Å². The van der Waals surface area contributed by atoms with Gasteiger partial charge in [-0.1, -0.05) is 0 Å². The Bertz CT molecular complexity index is 14.0. The van der Waals surface area contributed by atoms with Crippen LogP contribution in [0.1, 0.15) is 5.71 Å². The summed E-state index contributed by atoms with van der Waals surface area (Å²) in [7, 11) is 0. The van der Waals surface area contributed by atoms with Crippen LogP contribution in [-0.4, -0.2) is 102 Å². The van der Waals surface area contributed by atoms with Gasteiger partial charge < -0.3 is 5.71 Å². The zero-order valence-corrected chi connectivity index (χ0v) is 11.9. The number of rotatable bonds is 0. The van der Waals surface area contributed by atoms with Crippen LogP contribution in [0.15, 0.2) is 0 Å². The predicted octanol–water partition coefficient (Wildman–Crippen LogP) is -0.648. The van der Waals surface area contributed by atoms with E-state index in [1.54, 1.807) is 0 Å². The third kappa shape index (κ3) is 8.94. The van der Waals surface area contributed by atoms with Crippen molar-refractivity contribution in [2.45, 2.75) is 0 Å². The van der Waals surface area contributed by atoms with Crippen molar-refractivity contribution in [2.75, 3.05) is 0 Å². The molecule has 0 aliphatic carbocycles. The van der Waals surface area contributed by atoms with Gasteiger partial charge in [0.15, 0.2) is 12.5 Å². The summed E-state index contributed by atoms with van der Waals surface area (Å²) < 4.78 is 7.83. The van der Waals surface area contributed by atoms with Crippen molar-refractivity contribution in [2.24, 2.45) is 0 Å². The van der Waals surface area contributed by atoms with Crippen LogP contribution in [0.5, 0.6) is 0 Å². The average Bonchev–Trinajstić information content (AvgIpc) is 1.00. The zero-order valence-electron chi connectivity index (χ0n) is 6.23. The molecule has 0 radical (unpaired) electrons. The van der Waals surface area contributed by atoms with Crippen LogP contribution in [0.2, 0.25) is 0 Å². The molecule has 0 aromatic rings. The SMILES string of the molecule is O=S.[Ba+2].[Ba+2].[H-].[H-].[H-].[H-]. The standard InChI is InChI=1S/2Ba.OS.4H/c;;1-2;;;;/q2*+2;;4*-1. The maximum Gasteiger partial charge on any atom is 2.00 e. The molecule has 0 fully saturated rings. The molecule has 0 aliphatic rings. The van der Waals surface area contributed by atoms with Gasteiger partial charge in [-0.2, -0.15) is 4.21 Å². The largest absolute Gasteiger partial charge is 2.00 e. The molecule has 0 amide bonds. The van der Waals surface area contributed by atoms with Gasteiger partial charge in [0.2, 0.25) is 0 Å². The molecule has 0 aromatic heterocycles. The summed E-state index contributed by atoms with van der Waals surface area (Å²) in [6.07, 6.45) is 0. The Balaban J connectivity index is -0.000000000333. The molecule has 0 unspecified atom stereocenters. The van der Waals surface area contributed by atoms with Crippen molar-refractivity contribution in [1.82, 2.24) is 0 Å². The first-order valence-electron chi connectivity index (χ1n) is 0.167. The summed E-state index contributed by atoms with van der Waals surface area (Å²) in [5.41, 5.74) is 0. The Hall–Kier alpha value is 3.16. The topological polar surface area (TPSA) is 17.1 Å². The third-order valence-corrected chi connectivity index (χ3v) is 0. The Morgan fingerprint density at radius 3 is 1.25 bits per heavy atom. The quantitative estimate of drug-likeness (QED) is 0.551. The minimum Gasteiger partial charge on any atom is -1.00 e. The second-order valence-corrected chi connectivity index (χ2v) is 0. The summed E-state index contributed by atoms with van der Waals surface area (Å²) in [6.45, 7) is 0. The fourth-order valence-electron chi connectivity index (χ4n) is 0. The predicted molar refractivity (Wildman–Crippen MR) is 24.1 cm³/mol. The molecule has 1 nitrogen and oxygen atoms in total. The van der Waals surface area contributed by atoms with Gasteiger partial charge in [-0.15, -0.1) is 0 Å². The van der Waals surface area contributed by atoms with Crippen LogP contribution in [-0.2, 0) is 12.5 Å². The van der Waals surface area contributed by atoms with Crippen LogP contribution >= 0.6 is 0 Å². The van der Waals surface area contributed by atoms with Crippen molar-refractivity contribution in [1.29, 1.82) is 0 Å². The molecular formula is H4Ba2OS. The van der Waals surface area contributed by atoms with Gasteiger partial charge in [0.05, 0.1) is 0 Å². The Labute approximate surface area is 117 Å². The molecule has 0 saturated heterocycles. The molecule has 0 heterocycles. The fraction of sp³-hybridized carbons (Fsp3) is 0. The van der Waals surface area contributed by atoms with Crippen molar-refractivity contribution < 1.29 is 9.92 Å². The van der Waals surface area contributed by atoms with Crippen molar-refractivity contribution in [3.05, 3.63) is 0 Å². The van der Waals surface area contributed by atoms with Gasteiger partial charge in [-0.25, -0.2) is 0 Å². The molecule has 0 atom stereocenters. The van der Waals surface area contributed by atoms with Crippen LogP contribution in [0, 0.1) is 0 Å². The van der Waals surface area contributed by atoms with Gasteiger partial charge >= 0.3 is 97.8 Å². The van der Waals surface area contributed by atoms with Crippen LogP contribution in [0.25, 0.3) is 0 Å². The summed E-state index contributed by atoms with van der Waals surface area (Å²) >= 11 is 2.83. The van der Waals surface area contributed by atoms with Crippen LogP contribution in [0.4, 0.5) is 0 Å². The van der Waals surface area contributed by atoms with Crippen LogP contribution < -0.4 is 0 Å². The Kier molecular flexibility index (Phi) is 64.4.